The topological polar surface area (TPSA) is 58.4 Å². The molecule has 1 aromatic carbocycles. The lowest BCUT2D eigenvalue weighted by Crippen LogP contribution is -2.56. The lowest BCUT2D eigenvalue weighted by Gasteiger charge is -2.45. The second-order valence-electron chi connectivity index (χ2n) is 7.43. The molecule has 2 rings (SSSR count). The van der Waals surface area contributed by atoms with Crippen molar-refractivity contribution >= 4 is 11.6 Å². The number of carbonyl (C=O) groups excluding carboxylic acids is 1. The molecule has 1 aromatic rings. The Morgan fingerprint density at radius 3 is 2.45 bits per heavy atom. The van der Waals surface area contributed by atoms with Gasteiger partial charge in [-0.3, -0.25) is 9.69 Å². The molecular formula is C18H29N3O. The molecule has 1 aliphatic heterocycles. The maximum Gasteiger partial charge on any atom is 0.253 e. The molecular weight excluding hydrogens is 274 g/mol. The predicted octanol–water partition coefficient (Wildman–Crippen LogP) is 2.76. The van der Waals surface area contributed by atoms with Crippen LogP contribution in [0.15, 0.2) is 24.3 Å². The minimum atomic E-state index is -0.0933. The van der Waals surface area contributed by atoms with Gasteiger partial charge in [-0.1, -0.05) is 26.0 Å². The van der Waals surface area contributed by atoms with Crippen LogP contribution in [0.1, 0.15) is 44.5 Å². The highest BCUT2D eigenvalue weighted by atomic mass is 16.1. The fraction of sp³-hybridized carbons (Fsp3) is 0.611. The van der Waals surface area contributed by atoms with Crippen LogP contribution in [-0.4, -0.2) is 36.0 Å². The molecule has 0 saturated carbocycles. The van der Waals surface area contributed by atoms with Gasteiger partial charge in [-0.2, -0.15) is 0 Å². The van der Waals surface area contributed by atoms with Crippen LogP contribution in [0, 0.1) is 11.8 Å². The molecule has 122 valence electrons. The standard InChI is InChI=1S/C18H29N3O/c1-13-9-14(2)11-21(10-13)18(3,4)12-20-17(22)15-7-5-6-8-16(15)19/h5-8,13-14H,9-12,19H2,1-4H3,(H,20,22). The number of benzene rings is 1. The van der Waals surface area contributed by atoms with Crippen LogP contribution in [0.3, 0.4) is 0 Å². The predicted molar refractivity (Wildman–Crippen MR) is 91.8 cm³/mol. The number of piperidine rings is 1. The summed E-state index contributed by atoms with van der Waals surface area (Å²) in [6.07, 6.45) is 1.29. The maximum atomic E-state index is 12.3. The average molecular weight is 303 g/mol. The van der Waals surface area contributed by atoms with Gasteiger partial charge in [-0.15, -0.1) is 0 Å². The molecule has 0 aromatic heterocycles. The van der Waals surface area contributed by atoms with Crippen molar-refractivity contribution in [2.24, 2.45) is 11.8 Å². The van der Waals surface area contributed by atoms with Crippen molar-refractivity contribution in [1.29, 1.82) is 0 Å². The van der Waals surface area contributed by atoms with Gasteiger partial charge < -0.3 is 11.1 Å². The second kappa shape index (κ2) is 6.69. The maximum absolute atomic E-state index is 12.3. The van der Waals surface area contributed by atoms with E-state index in [9.17, 15) is 4.79 Å². The summed E-state index contributed by atoms with van der Waals surface area (Å²) in [4.78, 5) is 14.8. The minimum absolute atomic E-state index is 0.0534. The van der Waals surface area contributed by atoms with Crippen molar-refractivity contribution in [2.75, 3.05) is 25.4 Å². The number of hydrogen-bond acceptors (Lipinski definition) is 3. The third-order valence-electron chi connectivity index (χ3n) is 4.61. The normalized spacial score (nSPS) is 23.3. The van der Waals surface area contributed by atoms with Crippen LogP contribution < -0.4 is 11.1 Å². The van der Waals surface area contributed by atoms with Crippen molar-refractivity contribution in [3.05, 3.63) is 29.8 Å². The van der Waals surface area contributed by atoms with E-state index >= 15 is 0 Å². The molecule has 3 N–H and O–H groups in total. The summed E-state index contributed by atoms with van der Waals surface area (Å²) in [6.45, 7) is 11.8. The number of carbonyl (C=O) groups is 1. The van der Waals surface area contributed by atoms with E-state index in [0.717, 1.165) is 13.1 Å². The third kappa shape index (κ3) is 4.01. The molecule has 1 fully saturated rings. The van der Waals surface area contributed by atoms with Crippen LogP contribution in [0.5, 0.6) is 0 Å². The van der Waals surface area contributed by atoms with Gasteiger partial charge >= 0.3 is 0 Å². The molecule has 1 amide bonds. The fourth-order valence-corrected chi connectivity index (χ4v) is 3.36. The Balaban J connectivity index is 1.97. The molecule has 1 aliphatic rings. The minimum Gasteiger partial charge on any atom is -0.398 e. The highest BCUT2D eigenvalue weighted by Gasteiger charge is 2.33. The summed E-state index contributed by atoms with van der Waals surface area (Å²) in [5, 5.41) is 3.05. The van der Waals surface area contributed by atoms with E-state index in [1.165, 1.54) is 6.42 Å². The summed E-state index contributed by atoms with van der Waals surface area (Å²) in [5.41, 5.74) is 6.90. The number of nitrogen functional groups attached to an aromatic ring is 1. The van der Waals surface area contributed by atoms with Crippen LogP contribution in [0.4, 0.5) is 5.69 Å². The number of anilines is 1. The molecule has 22 heavy (non-hydrogen) atoms. The van der Waals surface area contributed by atoms with Gasteiger partial charge in [0.25, 0.3) is 5.91 Å². The summed E-state index contributed by atoms with van der Waals surface area (Å²) in [6, 6.07) is 7.20. The van der Waals surface area contributed by atoms with Crippen molar-refractivity contribution in [2.45, 2.75) is 39.7 Å². The molecule has 0 aliphatic carbocycles. The number of hydrogen-bond donors (Lipinski definition) is 2. The van der Waals surface area contributed by atoms with Crippen LogP contribution in [-0.2, 0) is 0 Å². The zero-order valence-electron chi connectivity index (χ0n) is 14.2. The van der Waals surface area contributed by atoms with Crippen molar-refractivity contribution in [3.63, 3.8) is 0 Å². The van der Waals surface area contributed by atoms with Gasteiger partial charge in [0.05, 0.1) is 5.56 Å². The van der Waals surface area contributed by atoms with Crippen molar-refractivity contribution < 1.29 is 4.79 Å². The Labute approximate surface area is 134 Å². The van der Waals surface area contributed by atoms with E-state index in [1.54, 1.807) is 12.1 Å². The number of likely N-dealkylation sites (tertiary alicyclic amines) is 1. The first-order chi connectivity index (χ1) is 10.3. The summed E-state index contributed by atoms with van der Waals surface area (Å²) >= 11 is 0. The molecule has 2 unspecified atom stereocenters. The molecule has 0 radical (unpaired) electrons. The Morgan fingerprint density at radius 2 is 1.86 bits per heavy atom. The van der Waals surface area contributed by atoms with E-state index in [0.29, 0.717) is 29.6 Å². The van der Waals surface area contributed by atoms with Gasteiger partial charge in [-0.05, 0) is 44.2 Å². The van der Waals surface area contributed by atoms with E-state index in [2.05, 4.69) is 37.9 Å². The quantitative estimate of drug-likeness (QED) is 0.841. The zero-order chi connectivity index (χ0) is 16.3. The van der Waals surface area contributed by atoms with E-state index in [1.807, 2.05) is 12.1 Å². The highest BCUT2D eigenvalue weighted by molar-refractivity contribution is 5.99. The van der Waals surface area contributed by atoms with E-state index in [4.69, 9.17) is 5.73 Å². The van der Waals surface area contributed by atoms with Gasteiger partial charge in [0.1, 0.15) is 0 Å². The molecule has 2 atom stereocenters. The molecule has 1 heterocycles. The average Bonchev–Trinajstić information content (AvgIpc) is 2.44. The van der Waals surface area contributed by atoms with Crippen molar-refractivity contribution in [3.8, 4) is 0 Å². The second-order valence-corrected chi connectivity index (χ2v) is 7.43. The first kappa shape index (κ1) is 16.8. The molecule has 4 heteroatoms. The monoisotopic (exact) mass is 303 g/mol. The Kier molecular flexibility index (Phi) is 5.12. The molecule has 0 spiro atoms. The lowest BCUT2D eigenvalue weighted by molar-refractivity contribution is 0.0445. The fourth-order valence-electron chi connectivity index (χ4n) is 3.36. The SMILES string of the molecule is CC1CC(C)CN(C(C)(C)CNC(=O)c2ccccc2N)C1. The molecule has 1 saturated heterocycles. The lowest BCUT2D eigenvalue weighted by atomic mass is 9.88. The first-order valence-electron chi connectivity index (χ1n) is 8.17. The molecule has 0 bridgehead atoms. The van der Waals surface area contributed by atoms with Gasteiger partial charge in [0.2, 0.25) is 0 Å². The number of para-hydroxylation sites is 1. The highest BCUT2D eigenvalue weighted by Crippen LogP contribution is 2.27. The van der Waals surface area contributed by atoms with Crippen LogP contribution >= 0.6 is 0 Å². The zero-order valence-corrected chi connectivity index (χ0v) is 14.2. The first-order valence-corrected chi connectivity index (χ1v) is 8.17. The van der Waals surface area contributed by atoms with Gasteiger partial charge in [-0.25, -0.2) is 0 Å². The van der Waals surface area contributed by atoms with Crippen LogP contribution in [0.25, 0.3) is 0 Å². The number of nitrogens with zero attached hydrogens (tertiary/aromatic N) is 1. The number of nitrogens with two attached hydrogens (primary N) is 1. The third-order valence-corrected chi connectivity index (χ3v) is 4.61. The summed E-state index contributed by atoms with van der Waals surface area (Å²) in [7, 11) is 0. The summed E-state index contributed by atoms with van der Waals surface area (Å²) < 4.78 is 0. The van der Waals surface area contributed by atoms with Gasteiger partial charge in [0, 0.05) is 30.9 Å². The Hall–Kier alpha value is -1.55. The van der Waals surface area contributed by atoms with Crippen molar-refractivity contribution in [1.82, 2.24) is 10.2 Å². The Bertz CT molecular complexity index is 517. The number of nitrogens with one attached hydrogen (secondary N) is 1. The summed E-state index contributed by atoms with van der Waals surface area (Å²) in [5.74, 6) is 1.33. The molecule has 4 nitrogen and oxygen atoms in total. The van der Waals surface area contributed by atoms with Gasteiger partial charge in [0.15, 0.2) is 0 Å². The Morgan fingerprint density at radius 1 is 1.27 bits per heavy atom. The van der Waals surface area contributed by atoms with Crippen LogP contribution in [0.2, 0.25) is 0 Å². The number of amides is 1. The smallest absolute Gasteiger partial charge is 0.253 e. The number of rotatable bonds is 4. The van der Waals surface area contributed by atoms with E-state index < -0.39 is 0 Å². The van der Waals surface area contributed by atoms with E-state index in [-0.39, 0.29) is 11.4 Å². The largest absolute Gasteiger partial charge is 0.398 e.